The maximum absolute atomic E-state index is 13.6. The van der Waals surface area contributed by atoms with Crippen LogP contribution >= 0.6 is 0 Å². The largest absolute Gasteiger partial charge is 0.481 e. The van der Waals surface area contributed by atoms with Crippen molar-refractivity contribution in [2.45, 2.75) is 158 Å². The predicted molar refractivity (Wildman–Crippen MR) is 205 cm³/mol. The van der Waals surface area contributed by atoms with Crippen molar-refractivity contribution in [3.63, 3.8) is 0 Å². The molecule has 288 valence electrons. The molecule has 0 aliphatic heterocycles. The third-order valence-electron chi connectivity index (χ3n) is 16.8. The van der Waals surface area contributed by atoms with Crippen molar-refractivity contribution in [3.05, 3.63) is 48.0 Å². The third-order valence-corrected chi connectivity index (χ3v) is 16.8. The first-order chi connectivity index (χ1) is 24.3. The zero-order valence-corrected chi connectivity index (χ0v) is 33.7. The molecule has 0 aromatic heterocycles. The second-order valence-corrected chi connectivity index (χ2v) is 20.4. The molecule has 10 atom stereocenters. The monoisotopic (exact) mass is 717 g/mol. The van der Waals surface area contributed by atoms with E-state index in [1.807, 2.05) is 44.2 Å². The van der Waals surface area contributed by atoms with Crippen LogP contribution in [0.5, 0.6) is 0 Å². The molecule has 0 radical (unpaired) electrons. The van der Waals surface area contributed by atoms with Gasteiger partial charge in [0.25, 0.3) is 0 Å². The Labute approximate surface area is 314 Å². The summed E-state index contributed by atoms with van der Waals surface area (Å²) in [4.78, 5) is 38.1. The Hall–Kier alpha value is -2.63. The van der Waals surface area contributed by atoms with E-state index in [4.69, 9.17) is 9.47 Å². The van der Waals surface area contributed by atoms with Crippen molar-refractivity contribution < 1.29 is 29.0 Å². The number of hydrogen-bond acceptors (Lipinski definition) is 5. The summed E-state index contributed by atoms with van der Waals surface area (Å²) in [5.41, 5.74) is 2.25. The molecule has 52 heavy (non-hydrogen) atoms. The van der Waals surface area contributed by atoms with Crippen molar-refractivity contribution in [2.75, 3.05) is 0 Å². The van der Waals surface area contributed by atoms with Gasteiger partial charge in [0.2, 0.25) is 0 Å². The lowest BCUT2D eigenvalue weighted by Gasteiger charge is -2.73. The first-order valence-electron chi connectivity index (χ1n) is 20.5. The molecule has 1 aromatic carbocycles. The summed E-state index contributed by atoms with van der Waals surface area (Å²) in [6, 6.07) is 9.67. The van der Waals surface area contributed by atoms with Crippen LogP contribution in [0.1, 0.15) is 151 Å². The van der Waals surface area contributed by atoms with Gasteiger partial charge >= 0.3 is 17.9 Å². The molecule has 0 bridgehead atoms. The quantitative estimate of drug-likeness (QED) is 0.181. The number of carboxylic acids is 1. The molecule has 5 fully saturated rings. The first-order valence-corrected chi connectivity index (χ1v) is 20.5. The zero-order valence-electron chi connectivity index (χ0n) is 33.7. The maximum atomic E-state index is 13.6. The molecule has 0 spiro atoms. The van der Waals surface area contributed by atoms with E-state index in [1.165, 1.54) is 31.3 Å². The minimum Gasteiger partial charge on any atom is -0.481 e. The van der Waals surface area contributed by atoms with E-state index >= 15 is 0 Å². The average Bonchev–Trinajstić information content (AvgIpc) is 3.45. The van der Waals surface area contributed by atoms with Gasteiger partial charge in [-0.1, -0.05) is 91.0 Å². The Bertz CT molecular complexity index is 1530. The lowest BCUT2D eigenvalue weighted by atomic mass is 9.32. The topological polar surface area (TPSA) is 89.9 Å². The van der Waals surface area contributed by atoms with Crippen LogP contribution in [-0.2, 0) is 30.5 Å². The number of carbonyl (C=O) groups is 3. The van der Waals surface area contributed by atoms with Crippen LogP contribution in [0, 0.1) is 62.1 Å². The van der Waals surface area contributed by atoms with Crippen molar-refractivity contribution in [1.29, 1.82) is 0 Å². The minimum atomic E-state index is -0.658. The number of carboxylic acid groups (broad SMARTS) is 1. The van der Waals surface area contributed by atoms with Gasteiger partial charge in [0.05, 0.1) is 12.8 Å². The molecule has 0 saturated heterocycles. The summed E-state index contributed by atoms with van der Waals surface area (Å²) in [6.07, 6.45) is 12.7. The number of benzene rings is 1. The lowest BCUT2D eigenvalue weighted by molar-refractivity contribution is -0.250. The molecule has 0 amide bonds. The molecular weight excluding hydrogens is 648 g/mol. The van der Waals surface area contributed by atoms with Crippen LogP contribution in [0.25, 0.3) is 0 Å². The fourth-order valence-corrected chi connectivity index (χ4v) is 14.1. The van der Waals surface area contributed by atoms with Gasteiger partial charge < -0.3 is 14.6 Å². The number of ether oxygens (including phenoxy) is 2. The van der Waals surface area contributed by atoms with Crippen molar-refractivity contribution in [1.82, 2.24) is 0 Å². The molecule has 0 heterocycles. The number of aliphatic carboxylic acids is 1. The Morgan fingerprint density at radius 2 is 1.52 bits per heavy atom. The third kappa shape index (κ3) is 6.69. The van der Waals surface area contributed by atoms with E-state index in [0.29, 0.717) is 29.6 Å². The first kappa shape index (κ1) is 39.1. The zero-order chi connectivity index (χ0) is 37.9. The van der Waals surface area contributed by atoms with Gasteiger partial charge in [0.15, 0.2) is 0 Å². The van der Waals surface area contributed by atoms with Gasteiger partial charge in [-0.2, -0.15) is 0 Å². The normalized spacial score (nSPS) is 39.2. The number of rotatable bonds is 11. The van der Waals surface area contributed by atoms with Gasteiger partial charge in [0.1, 0.15) is 12.7 Å². The van der Waals surface area contributed by atoms with Crippen LogP contribution < -0.4 is 0 Å². The Morgan fingerprint density at radius 1 is 0.827 bits per heavy atom. The number of esters is 2. The molecule has 6 heteroatoms. The van der Waals surface area contributed by atoms with E-state index in [-0.39, 0.29) is 71.0 Å². The summed E-state index contributed by atoms with van der Waals surface area (Å²) in [6.45, 7) is 23.4. The second-order valence-electron chi connectivity index (χ2n) is 20.4. The SMILES string of the molecule is C=C(C)C1CC[C@]2(CCC(=O)O)CC[C@]3(C)C(CCC4[C@@]5(C)CC[C@H](OC(=O)CC(C)(C)CC(=O)OCc6ccccc6)C(C)(C)C5CC[C@]43C)C12. The summed E-state index contributed by atoms with van der Waals surface area (Å²) in [5.74, 6) is 1.53. The van der Waals surface area contributed by atoms with E-state index in [9.17, 15) is 19.5 Å². The van der Waals surface area contributed by atoms with Crippen LogP contribution in [0.4, 0.5) is 0 Å². The van der Waals surface area contributed by atoms with Gasteiger partial charge in [-0.15, -0.1) is 0 Å². The van der Waals surface area contributed by atoms with E-state index in [0.717, 1.165) is 50.5 Å². The maximum Gasteiger partial charge on any atom is 0.306 e. The Kier molecular flexibility index (Phi) is 10.4. The van der Waals surface area contributed by atoms with Crippen LogP contribution in [0.15, 0.2) is 42.5 Å². The molecular formula is C46H68O6. The average molecular weight is 717 g/mol. The molecule has 6 rings (SSSR count). The lowest BCUT2D eigenvalue weighted by Crippen LogP contribution is -2.66. The van der Waals surface area contributed by atoms with E-state index in [1.54, 1.807) is 0 Å². The van der Waals surface area contributed by atoms with E-state index < -0.39 is 11.4 Å². The van der Waals surface area contributed by atoms with E-state index in [2.05, 4.69) is 48.1 Å². The highest BCUT2D eigenvalue weighted by atomic mass is 16.5. The summed E-state index contributed by atoms with van der Waals surface area (Å²) >= 11 is 0. The molecule has 5 saturated carbocycles. The standard InChI is InChI=1S/C46H68O6/c1-30(2)32-17-23-46(24-20-37(47)48)26-25-44(8)33(40(32)46)15-16-35-43(7)21-19-36(42(5,6)34(43)18-22-45(35,44)9)52-39(50)28-41(3,4)27-38(49)51-29-31-13-11-10-12-14-31/h10-14,32-36,40H,1,15-29H2,2-9H3,(H,47,48)/t32?,33?,34?,35?,36-,40?,43-,44+,45+,46-/m0/s1. The smallest absolute Gasteiger partial charge is 0.306 e. The fraction of sp³-hybridized carbons (Fsp3) is 0.761. The van der Waals surface area contributed by atoms with Gasteiger partial charge in [-0.05, 0) is 140 Å². The summed E-state index contributed by atoms with van der Waals surface area (Å²) in [7, 11) is 0. The highest BCUT2D eigenvalue weighted by Gasteiger charge is 2.71. The minimum absolute atomic E-state index is 0.136. The highest BCUT2D eigenvalue weighted by Crippen LogP contribution is 2.78. The summed E-state index contributed by atoms with van der Waals surface area (Å²) < 4.78 is 11.9. The van der Waals surface area contributed by atoms with Crippen LogP contribution in [-0.4, -0.2) is 29.1 Å². The van der Waals surface area contributed by atoms with Crippen LogP contribution in [0.3, 0.4) is 0 Å². The molecule has 5 aliphatic rings. The highest BCUT2D eigenvalue weighted by molar-refractivity contribution is 5.74. The number of allylic oxidation sites excluding steroid dienone is 1. The summed E-state index contributed by atoms with van der Waals surface area (Å²) in [5, 5.41) is 9.73. The molecule has 6 nitrogen and oxygen atoms in total. The fourth-order valence-electron chi connectivity index (χ4n) is 14.1. The number of fused-ring (bicyclic) bond motifs is 7. The molecule has 1 aromatic rings. The van der Waals surface area contributed by atoms with Gasteiger partial charge in [-0.25, -0.2) is 0 Å². The number of carbonyl (C=O) groups excluding carboxylic acids is 2. The van der Waals surface area contributed by atoms with Crippen molar-refractivity contribution >= 4 is 17.9 Å². The molecule has 5 aliphatic carbocycles. The number of hydrogen-bond donors (Lipinski definition) is 1. The van der Waals surface area contributed by atoms with Gasteiger partial charge in [-0.3, -0.25) is 14.4 Å². The van der Waals surface area contributed by atoms with Crippen LogP contribution in [0.2, 0.25) is 0 Å². The Morgan fingerprint density at radius 3 is 2.19 bits per heavy atom. The molecule has 5 unspecified atom stereocenters. The predicted octanol–water partition coefficient (Wildman–Crippen LogP) is 11.0. The van der Waals surface area contributed by atoms with Crippen molar-refractivity contribution in [2.24, 2.45) is 62.1 Å². The van der Waals surface area contributed by atoms with Gasteiger partial charge in [0, 0.05) is 11.8 Å². The Balaban J connectivity index is 1.14. The molecule has 1 N–H and O–H groups in total. The second kappa shape index (κ2) is 13.9. The van der Waals surface area contributed by atoms with Crippen molar-refractivity contribution in [3.8, 4) is 0 Å².